The molecule has 0 saturated carbocycles. The summed E-state index contributed by atoms with van der Waals surface area (Å²) >= 11 is 0. The predicted octanol–water partition coefficient (Wildman–Crippen LogP) is 7.23. The summed E-state index contributed by atoms with van der Waals surface area (Å²) in [5.41, 5.74) is 6.60. The van der Waals surface area contributed by atoms with Crippen molar-refractivity contribution in [3.63, 3.8) is 0 Å². The van der Waals surface area contributed by atoms with E-state index in [0.29, 0.717) is 5.84 Å². The summed E-state index contributed by atoms with van der Waals surface area (Å²) in [5, 5.41) is 6.44. The molecule has 0 unspecified atom stereocenters. The fourth-order valence-corrected chi connectivity index (χ4v) is 8.46. The van der Waals surface area contributed by atoms with Gasteiger partial charge in [-0.2, -0.15) is 0 Å². The van der Waals surface area contributed by atoms with E-state index in [4.69, 9.17) is 4.99 Å². The third-order valence-electron chi connectivity index (χ3n) is 7.53. The molecule has 0 amide bonds. The van der Waals surface area contributed by atoms with Crippen LogP contribution in [0, 0.1) is 0 Å². The van der Waals surface area contributed by atoms with Crippen LogP contribution in [-0.4, -0.2) is 26.8 Å². The van der Waals surface area contributed by atoms with E-state index < -0.39 is 8.07 Å². The number of amidine groups is 2. The Hall–Kier alpha value is -4.74. The number of rotatable bonds is 4. The van der Waals surface area contributed by atoms with Crippen molar-refractivity contribution in [3.05, 3.63) is 145 Å². The van der Waals surface area contributed by atoms with Crippen LogP contribution in [-0.2, 0) is 0 Å². The average molecular weight is 537 g/mol. The van der Waals surface area contributed by atoms with Gasteiger partial charge in [0, 0.05) is 40.9 Å². The van der Waals surface area contributed by atoms with Gasteiger partial charge in [-0.1, -0.05) is 98.0 Å². The molecule has 1 heterocycles. The number of benzene rings is 5. The molecule has 0 radical (unpaired) electrons. The van der Waals surface area contributed by atoms with Gasteiger partial charge in [0.1, 0.15) is 13.9 Å². The van der Waals surface area contributed by atoms with Gasteiger partial charge in [-0.05, 0) is 58.9 Å². The van der Waals surface area contributed by atoms with E-state index in [9.17, 15) is 0 Å². The summed E-state index contributed by atoms with van der Waals surface area (Å²) in [6.07, 6.45) is 0. The summed E-state index contributed by atoms with van der Waals surface area (Å²) in [6.45, 7) is 4.89. The van der Waals surface area contributed by atoms with Crippen molar-refractivity contribution in [2.75, 3.05) is 17.3 Å². The highest BCUT2D eigenvalue weighted by Crippen LogP contribution is 2.38. The van der Waals surface area contributed by atoms with Crippen molar-refractivity contribution < 1.29 is 0 Å². The van der Waals surface area contributed by atoms with Gasteiger partial charge in [-0.15, -0.1) is 0 Å². The topological polar surface area (TPSA) is 40.0 Å². The first kappa shape index (κ1) is 25.5. The quantitative estimate of drug-likeness (QED) is 0.150. The summed E-state index contributed by atoms with van der Waals surface area (Å²) in [5.74, 6) is 1.42. The van der Waals surface area contributed by atoms with Crippen LogP contribution in [0.3, 0.4) is 0 Å². The number of para-hydroxylation sites is 3. The Morgan fingerprint density at radius 1 is 0.600 bits per heavy atom. The number of nitrogens with one attached hydrogen (secondary N) is 1. The van der Waals surface area contributed by atoms with Gasteiger partial charge in [0.2, 0.25) is 0 Å². The van der Waals surface area contributed by atoms with Gasteiger partial charge in [0.25, 0.3) is 0 Å². The minimum atomic E-state index is -1.82. The number of fused-ring (bicyclic) bond motifs is 2. The normalized spacial score (nSPS) is 14.3. The zero-order valence-electron chi connectivity index (χ0n) is 23.0. The average Bonchev–Trinajstić information content (AvgIpc) is 3.01. The van der Waals surface area contributed by atoms with Gasteiger partial charge < -0.3 is 10.2 Å². The number of aliphatic imine (C=N–C) groups is 2. The van der Waals surface area contributed by atoms with E-state index in [1.54, 1.807) is 7.05 Å². The Kier molecular flexibility index (Phi) is 6.89. The second kappa shape index (κ2) is 10.8. The Balaban J connectivity index is 1.43. The molecule has 5 aromatic rings. The van der Waals surface area contributed by atoms with E-state index in [2.05, 4.69) is 101 Å². The SMILES string of the molecule is C/N=C(\N=C(/Nc1ccccc1)c1ccc(N2c3ccccc3[Si](C)(C)c3ccccc32)cc1)c1ccccc1. The molecule has 1 aliphatic heterocycles. The molecule has 196 valence electrons. The Morgan fingerprint density at radius 3 is 1.70 bits per heavy atom. The molecule has 5 heteroatoms. The monoisotopic (exact) mass is 536 g/mol. The smallest absolute Gasteiger partial charge is 0.156 e. The van der Waals surface area contributed by atoms with Gasteiger partial charge >= 0.3 is 0 Å². The zero-order chi connectivity index (χ0) is 27.5. The van der Waals surface area contributed by atoms with Crippen LogP contribution in [0.1, 0.15) is 11.1 Å². The molecule has 0 spiro atoms. The summed E-state index contributed by atoms with van der Waals surface area (Å²) < 4.78 is 0. The van der Waals surface area contributed by atoms with Gasteiger partial charge in [-0.3, -0.25) is 4.99 Å². The van der Waals surface area contributed by atoms with E-state index in [-0.39, 0.29) is 0 Å². The van der Waals surface area contributed by atoms with E-state index in [0.717, 1.165) is 28.3 Å². The minimum absolute atomic E-state index is 0.675. The molecule has 0 saturated heterocycles. The Bertz CT molecular complexity index is 1640. The first-order chi connectivity index (χ1) is 19.6. The third kappa shape index (κ3) is 4.76. The molecule has 40 heavy (non-hydrogen) atoms. The standard InChI is InChI=1S/C35H32N4Si/c1-36-34(26-14-6-4-7-15-26)38-35(37-28-16-8-5-9-17-28)27-22-24-29(25-23-27)39-30-18-10-12-20-32(30)40(2,3)33-21-13-11-19-31(33)39/h4-25H,1-3H3,(H,36,37,38). The Morgan fingerprint density at radius 2 is 1.12 bits per heavy atom. The first-order valence-electron chi connectivity index (χ1n) is 13.6. The van der Waals surface area contributed by atoms with Crippen LogP contribution in [0.4, 0.5) is 22.7 Å². The number of anilines is 4. The molecule has 0 bridgehead atoms. The number of hydrogen-bond donors (Lipinski definition) is 1. The van der Waals surface area contributed by atoms with E-state index in [1.807, 2.05) is 60.7 Å². The van der Waals surface area contributed by atoms with Crippen molar-refractivity contribution >= 4 is 52.9 Å². The predicted molar refractivity (Wildman–Crippen MR) is 173 cm³/mol. The van der Waals surface area contributed by atoms with Crippen LogP contribution < -0.4 is 20.6 Å². The molecule has 0 aliphatic carbocycles. The maximum Gasteiger partial charge on any atom is 0.156 e. The van der Waals surface area contributed by atoms with Crippen molar-refractivity contribution in [1.29, 1.82) is 0 Å². The van der Waals surface area contributed by atoms with Gasteiger partial charge in [-0.25, -0.2) is 4.99 Å². The lowest BCUT2D eigenvalue weighted by atomic mass is 10.1. The lowest BCUT2D eigenvalue weighted by molar-refractivity contribution is 1.28. The first-order valence-corrected chi connectivity index (χ1v) is 16.6. The molecule has 4 nitrogen and oxygen atoms in total. The van der Waals surface area contributed by atoms with Gasteiger partial charge in [0.05, 0.1) is 0 Å². The van der Waals surface area contributed by atoms with Crippen LogP contribution in [0.15, 0.2) is 143 Å². The maximum absolute atomic E-state index is 5.01. The summed E-state index contributed by atoms with van der Waals surface area (Å²) in [6, 6.07) is 46.6. The third-order valence-corrected chi connectivity index (χ3v) is 11.1. The summed E-state index contributed by atoms with van der Waals surface area (Å²) in [4.78, 5) is 11.9. The number of nitrogens with zero attached hydrogens (tertiary/aromatic N) is 3. The van der Waals surface area contributed by atoms with Crippen molar-refractivity contribution in [2.24, 2.45) is 9.98 Å². The van der Waals surface area contributed by atoms with Crippen LogP contribution in [0.25, 0.3) is 0 Å². The molecule has 1 aliphatic rings. The highest BCUT2D eigenvalue weighted by Gasteiger charge is 2.38. The van der Waals surface area contributed by atoms with Crippen molar-refractivity contribution in [2.45, 2.75) is 13.1 Å². The largest absolute Gasteiger partial charge is 0.340 e. The number of hydrogen-bond acceptors (Lipinski definition) is 2. The fourth-order valence-electron chi connectivity index (χ4n) is 5.48. The van der Waals surface area contributed by atoms with Crippen molar-refractivity contribution in [3.8, 4) is 0 Å². The molecule has 1 N–H and O–H groups in total. The van der Waals surface area contributed by atoms with Crippen LogP contribution in [0.5, 0.6) is 0 Å². The molecular formula is C35H32N4Si. The molecule has 5 aromatic carbocycles. The van der Waals surface area contributed by atoms with Crippen LogP contribution in [0.2, 0.25) is 13.1 Å². The van der Waals surface area contributed by atoms with E-state index >= 15 is 0 Å². The molecule has 0 atom stereocenters. The minimum Gasteiger partial charge on any atom is -0.340 e. The molecule has 0 aromatic heterocycles. The molecule has 6 rings (SSSR count). The van der Waals surface area contributed by atoms with Crippen molar-refractivity contribution in [1.82, 2.24) is 0 Å². The zero-order valence-corrected chi connectivity index (χ0v) is 24.0. The lowest BCUT2D eigenvalue weighted by Crippen LogP contribution is -2.58. The summed E-state index contributed by atoms with van der Waals surface area (Å²) in [7, 11) is -0.0346. The van der Waals surface area contributed by atoms with E-state index in [1.165, 1.54) is 21.7 Å². The fraction of sp³-hybridized carbons (Fsp3) is 0.0857. The second-order valence-electron chi connectivity index (χ2n) is 10.4. The molecular weight excluding hydrogens is 504 g/mol. The molecule has 0 fully saturated rings. The highest BCUT2D eigenvalue weighted by molar-refractivity contribution is 7.02. The Labute approximate surface area is 237 Å². The van der Waals surface area contributed by atoms with Crippen LogP contribution >= 0.6 is 0 Å². The highest BCUT2D eigenvalue weighted by atomic mass is 28.3. The maximum atomic E-state index is 5.01. The lowest BCUT2D eigenvalue weighted by Gasteiger charge is -2.41. The van der Waals surface area contributed by atoms with Gasteiger partial charge in [0.15, 0.2) is 5.84 Å². The second-order valence-corrected chi connectivity index (χ2v) is 14.7.